The number of carbonyl (C=O) groups excluding carboxylic acids is 1. The van der Waals surface area contributed by atoms with E-state index in [1.54, 1.807) is 4.90 Å². The molecule has 0 saturated carbocycles. The van der Waals surface area contributed by atoms with Crippen LogP contribution < -0.4 is 0 Å². The fourth-order valence-corrected chi connectivity index (χ4v) is 2.38. The predicted octanol–water partition coefficient (Wildman–Crippen LogP) is 3.17. The second-order valence-corrected chi connectivity index (χ2v) is 5.40. The summed E-state index contributed by atoms with van der Waals surface area (Å²) in [7, 11) is 1.83. The van der Waals surface area contributed by atoms with Crippen LogP contribution in [0.2, 0.25) is 0 Å². The van der Waals surface area contributed by atoms with Crippen LogP contribution in [0.15, 0.2) is 34.9 Å². The van der Waals surface area contributed by atoms with E-state index in [1.165, 1.54) is 0 Å². The average Bonchev–Trinajstić information content (AvgIpc) is 3.03. The summed E-state index contributed by atoms with van der Waals surface area (Å²) in [6.45, 7) is 4.69. The van der Waals surface area contributed by atoms with Gasteiger partial charge in [0.25, 0.3) is 5.89 Å². The molecule has 0 radical (unpaired) electrons. The Morgan fingerprint density at radius 3 is 2.55 bits per heavy atom. The lowest BCUT2D eigenvalue weighted by Crippen LogP contribution is -2.34. The second kappa shape index (κ2) is 7.73. The van der Waals surface area contributed by atoms with Gasteiger partial charge < -0.3 is 9.42 Å². The van der Waals surface area contributed by atoms with Gasteiger partial charge in [0.1, 0.15) is 0 Å². The van der Waals surface area contributed by atoms with Gasteiger partial charge >= 0.3 is 0 Å². The Kier molecular flexibility index (Phi) is 5.69. The van der Waals surface area contributed by atoms with E-state index in [2.05, 4.69) is 10.1 Å². The molecule has 1 heterocycles. The molecular formula is C17H23N3O2. The Bertz CT molecular complexity index is 591. The quantitative estimate of drug-likeness (QED) is 0.788. The summed E-state index contributed by atoms with van der Waals surface area (Å²) in [5.74, 6) is 1.44. The molecule has 0 fully saturated rings. The highest BCUT2D eigenvalue weighted by Crippen LogP contribution is 2.16. The molecule has 0 spiro atoms. The van der Waals surface area contributed by atoms with Gasteiger partial charge in [-0.15, -0.1) is 0 Å². The van der Waals surface area contributed by atoms with Gasteiger partial charge in [-0.3, -0.25) is 4.79 Å². The lowest BCUT2D eigenvalue weighted by molar-refractivity contribution is -0.134. The largest absolute Gasteiger partial charge is 0.345 e. The molecule has 0 atom stereocenters. The minimum Gasteiger partial charge on any atom is -0.345 e. The Morgan fingerprint density at radius 1 is 1.23 bits per heavy atom. The number of likely N-dealkylation sites (N-methyl/N-ethyl adjacent to an activating group) is 1. The number of benzene rings is 1. The Morgan fingerprint density at radius 2 is 1.91 bits per heavy atom. The lowest BCUT2D eigenvalue weighted by atomic mass is 10.0. The van der Waals surface area contributed by atoms with E-state index in [4.69, 9.17) is 4.52 Å². The molecule has 0 aliphatic carbocycles. The van der Waals surface area contributed by atoms with Gasteiger partial charge in [-0.05, 0) is 25.0 Å². The Hall–Kier alpha value is -2.17. The van der Waals surface area contributed by atoms with Crippen LogP contribution in [0.1, 0.15) is 32.5 Å². The van der Waals surface area contributed by atoms with Gasteiger partial charge in [-0.1, -0.05) is 37.2 Å². The smallest absolute Gasteiger partial charge is 0.257 e. The van der Waals surface area contributed by atoms with Crippen molar-refractivity contribution in [2.45, 2.75) is 33.1 Å². The molecule has 22 heavy (non-hydrogen) atoms. The monoisotopic (exact) mass is 301 g/mol. The highest BCUT2D eigenvalue weighted by molar-refractivity contribution is 5.78. The number of aromatic nitrogens is 2. The van der Waals surface area contributed by atoms with Gasteiger partial charge in [-0.2, -0.15) is 4.98 Å². The van der Waals surface area contributed by atoms with Crippen molar-refractivity contribution in [3.8, 4) is 11.5 Å². The molecule has 0 bridgehead atoms. The van der Waals surface area contributed by atoms with Crippen molar-refractivity contribution in [3.63, 3.8) is 0 Å². The van der Waals surface area contributed by atoms with Crippen molar-refractivity contribution in [2.75, 3.05) is 13.6 Å². The average molecular weight is 301 g/mol. The van der Waals surface area contributed by atoms with Crippen molar-refractivity contribution in [3.05, 3.63) is 36.2 Å². The highest BCUT2D eigenvalue weighted by Gasteiger charge is 2.19. The minimum atomic E-state index is 0.107. The van der Waals surface area contributed by atoms with Crippen LogP contribution in [0.25, 0.3) is 11.5 Å². The summed E-state index contributed by atoms with van der Waals surface area (Å²) in [6, 6.07) is 9.67. The topological polar surface area (TPSA) is 59.2 Å². The van der Waals surface area contributed by atoms with Crippen LogP contribution in [-0.2, 0) is 11.2 Å². The molecule has 0 saturated heterocycles. The first kappa shape index (κ1) is 16.2. The van der Waals surface area contributed by atoms with Crippen molar-refractivity contribution in [1.29, 1.82) is 0 Å². The number of rotatable bonds is 7. The van der Waals surface area contributed by atoms with Gasteiger partial charge in [0.05, 0.1) is 0 Å². The minimum absolute atomic E-state index is 0.107. The molecule has 0 N–H and O–H groups in total. The lowest BCUT2D eigenvalue weighted by Gasteiger charge is -2.21. The van der Waals surface area contributed by atoms with Crippen molar-refractivity contribution in [2.24, 2.45) is 5.92 Å². The van der Waals surface area contributed by atoms with Gasteiger partial charge in [-0.25, -0.2) is 0 Å². The normalized spacial score (nSPS) is 10.9. The van der Waals surface area contributed by atoms with Crippen LogP contribution >= 0.6 is 0 Å². The Balaban J connectivity index is 1.92. The zero-order valence-corrected chi connectivity index (χ0v) is 13.5. The van der Waals surface area contributed by atoms with Crippen LogP contribution in [0.3, 0.4) is 0 Å². The molecule has 2 rings (SSSR count). The SMILES string of the molecule is CCC(CC)C(=O)N(C)CCc1noc(-c2ccccc2)n1. The molecule has 1 aromatic carbocycles. The van der Waals surface area contributed by atoms with Gasteiger partial charge in [0.2, 0.25) is 5.91 Å². The van der Waals surface area contributed by atoms with Crippen LogP contribution in [0, 0.1) is 5.92 Å². The molecular weight excluding hydrogens is 278 g/mol. The fraction of sp³-hybridized carbons (Fsp3) is 0.471. The summed E-state index contributed by atoms with van der Waals surface area (Å²) in [6.07, 6.45) is 2.35. The molecule has 1 amide bonds. The Labute approximate surface area is 131 Å². The summed E-state index contributed by atoms with van der Waals surface area (Å²) in [5, 5.41) is 3.98. The third kappa shape index (κ3) is 3.93. The zero-order chi connectivity index (χ0) is 15.9. The molecule has 1 aromatic heterocycles. The molecule has 5 heteroatoms. The predicted molar refractivity (Wildman–Crippen MR) is 85.1 cm³/mol. The number of hydrogen-bond donors (Lipinski definition) is 0. The second-order valence-electron chi connectivity index (χ2n) is 5.40. The van der Waals surface area contributed by atoms with Crippen LogP contribution in [0.4, 0.5) is 0 Å². The maximum absolute atomic E-state index is 12.2. The van der Waals surface area contributed by atoms with Gasteiger partial charge in [0.15, 0.2) is 5.82 Å². The maximum Gasteiger partial charge on any atom is 0.257 e. The molecule has 118 valence electrons. The fourth-order valence-electron chi connectivity index (χ4n) is 2.38. The molecule has 0 aliphatic heterocycles. The molecule has 0 aliphatic rings. The van der Waals surface area contributed by atoms with E-state index in [9.17, 15) is 4.79 Å². The molecule has 2 aromatic rings. The first-order valence-corrected chi connectivity index (χ1v) is 7.78. The number of carbonyl (C=O) groups is 1. The van der Waals surface area contributed by atoms with E-state index < -0.39 is 0 Å². The maximum atomic E-state index is 12.2. The van der Waals surface area contributed by atoms with E-state index in [0.717, 1.165) is 18.4 Å². The number of nitrogens with zero attached hydrogens (tertiary/aromatic N) is 3. The number of hydrogen-bond acceptors (Lipinski definition) is 4. The first-order chi connectivity index (χ1) is 10.7. The summed E-state index contributed by atoms with van der Waals surface area (Å²) >= 11 is 0. The standard InChI is InChI=1S/C17H23N3O2/c1-4-13(5-2)17(21)20(3)12-11-15-18-16(22-19-15)14-9-7-6-8-10-14/h6-10,13H,4-5,11-12H2,1-3H3. The van der Waals surface area contributed by atoms with E-state index in [1.807, 2.05) is 51.2 Å². The number of amides is 1. The highest BCUT2D eigenvalue weighted by atomic mass is 16.5. The van der Waals surface area contributed by atoms with Crippen molar-refractivity contribution in [1.82, 2.24) is 15.0 Å². The van der Waals surface area contributed by atoms with E-state index in [-0.39, 0.29) is 11.8 Å². The van der Waals surface area contributed by atoms with Crippen molar-refractivity contribution >= 4 is 5.91 Å². The molecule has 0 unspecified atom stereocenters. The van der Waals surface area contributed by atoms with E-state index >= 15 is 0 Å². The summed E-state index contributed by atoms with van der Waals surface area (Å²) in [5.41, 5.74) is 0.905. The zero-order valence-electron chi connectivity index (χ0n) is 13.5. The van der Waals surface area contributed by atoms with Crippen LogP contribution in [-0.4, -0.2) is 34.5 Å². The van der Waals surface area contributed by atoms with E-state index in [0.29, 0.717) is 24.7 Å². The summed E-state index contributed by atoms with van der Waals surface area (Å²) < 4.78 is 5.27. The molecule has 5 nitrogen and oxygen atoms in total. The summed E-state index contributed by atoms with van der Waals surface area (Å²) in [4.78, 5) is 18.4. The third-order valence-corrected chi connectivity index (χ3v) is 3.87. The van der Waals surface area contributed by atoms with Crippen LogP contribution in [0.5, 0.6) is 0 Å². The first-order valence-electron chi connectivity index (χ1n) is 7.78. The third-order valence-electron chi connectivity index (χ3n) is 3.87. The van der Waals surface area contributed by atoms with Crippen molar-refractivity contribution < 1.29 is 9.32 Å². The van der Waals surface area contributed by atoms with Gasteiger partial charge in [0, 0.05) is 31.5 Å².